The van der Waals surface area contributed by atoms with E-state index < -0.39 is 16.1 Å². The molecule has 0 bridgehead atoms. The Morgan fingerprint density at radius 1 is 1.20 bits per heavy atom. The van der Waals surface area contributed by atoms with Gasteiger partial charge in [0.25, 0.3) is 0 Å². The van der Waals surface area contributed by atoms with Gasteiger partial charge in [0.05, 0.1) is 10.9 Å². The molecule has 138 valence electrons. The van der Waals surface area contributed by atoms with Crippen molar-refractivity contribution in [1.82, 2.24) is 14.9 Å². The fourth-order valence-electron chi connectivity index (χ4n) is 2.14. The van der Waals surface area contributed by atoms with Crippen LogP contribution in [0.15, 0.2) is 27.5 Å². The first-order chi connectivity index (χ1) is 11.6. The Balaban J connectivity index is 2.28. The highest BCUT2D eigenvalue weighted by Crippen LogP contribution is 2.25. The van der Waals surface area contributed by atoms with Crippen molar-refractivity contribution in [2.45, 2.75) is 55.8 Å². The summed E-state index contributed by atoms with van der Waals surface area (Å²) in [7, 11) is -3.81. The summed E-state index contributed by atoms with van der Waals surface area (Å²) in [6.45, 7) is 7.45. The largest absolute Gasteiger partial charge is 0.423 e. The molecule has 1 unspecified atom stereocenters. The molecule has 0 fully saturated rings. The van der Waals surface area contributed by atoms with Crippen molar-refractivity contribution >= 4 is 33.2 Å². The number of hydrogen-bond donors (Lipinski definition) is 1. The second kappa shape index (κ2) is 7.61. The monoisotopic (exact) mass is 405 g/mol. The zero-order valence-corrected chi connectivity index (χ0v) is 16.8. The van der Waals surface area contributed by atoms with Crippen LogP contribution < -0.4 is 4.72 Å². The Morgan fingerprint density at radius 3 is 2.40 bits per heavy atom. The number of benzene rings is 1. The molecule has 0 saturated heterocycles. The van der Waals surface area contributed by atoms with Crippen LogP contribution in [0, 0.1) is 0 Å². The van der Waals surface area contributed by atoms with E-state index in [-0.39, 0.29) is 28.0 Å². The summed E-state index contributed by atoms with van der Waals surface area (Å²) in [5, 5.41) is 7.92. The third kappa shape index (κ3) is 4.73. The van der Waals surface area contributed by atoms with Gasteiger partial charge in [-0.05, 0) is 24.1 Å². The molecule has 0 amide bonds. The van der Waals surface area contributed by atoms with Crippen molar-refractivity contribution in [1.29, 1.82) is 0 Å². The summed E-state index contributed by atoms with van der Waals surface area (Å²) in [5.41, 5.74) is 0.976. The first kappa shape index (κ1) is 20.2. The minimum Gasteiger partial charge on any atom is -0.423 e. The fourth-order valence-corrected chi connectivity index (χ4v) is 4.03. The number of alkyl halides is 2. The smallest absolute Gasteiger partial charge is 0.241 e. The van der Waals surface area contributed by atoms with E-state index in [1.165, 1.54) is 6.07 Å². The van der Waals surface area contributed by atoms with E-state index in [1.54, 1.807) is 19.1 Å². The standard InChI is InChI=1S/C16H21Cl2N3O3S/c1-10(14-19-20-15(24-14)16(2,3)4)21-25(22,23)13-6-5-11(8-17)7-12(13)9-18/h5-7,10,21H,8-9H2,1-4H3. The molecule has 0 spiro atoms. The van der Waals surface area contributed by atoms with Crippen molar-refractivity contribution in [2.24, 2.45) is 0 Å². The first-order valence-corrected chi connectivity index (χ1v) is 10.2. The second-order valence-corrected chi connectivity index (χ2v) is 8.96. The van der Waals surface area contributed by atoms with Crippen molar-refractivity contribution < 1.29 is 12.8 Å². The molecule has 9 heteroatoms. The Labute approximate surface area is 158 Å². The molecule has 0 aliphatic rings. The molecule has 2 aromatic rings. The number of aromatic nitrogens is 2. The molecule has 1 aromatic carbocycles. The molecule has 0 aliphatic heterocycles. The van der Waals surface area contributed by atoms with Crippen LogP contribution in [0.5, 0.6) is 0 Å². The van der Waals surface area contributed by atoms with E-state index in [9.17, 15) is 8.42 Å². The number of rotatable bonds is 6. The van der Waals surface area contributed by atoms with Crippen molar-refractivity contribution in [2.75, 3.05) is 0 Å². The fraction of sp³-hybridized carbons (Fsp3) is 0.500. The lowest BCUT2D eigenvalue weighted by molar-refractivity contribution is 0.355. The van der Waals surface area contributed by atoms with Gasteiger partial charge < -0.3 is 4.42 Å². The maximum absolute atomic E-state index is 12.7. The first-order valence-electron chi connectivity index (χ1n) is 7.68. The minimum absolute atomic E-state index is 0.0596. The Kier molecular flexibility index (Phi) is 6.14. The lowest BCUT2D eigenvalue weighted by Crippen LogP contribution is -2.28. The SMILES string of the molecule is CC(NS(=O)(=O)c1ccc(CCl)cc1CCl)c1nnc(C(C)(C)C)o1. The molecule has 25 heavy (non-hydrogen) atoms. The van der Waals surface area contributed by atoms with E-state index in [4.69, 9.17) is 27.6 Å². The van der Waals surface area contributed by atoms with Gasteiger partial charge in [0.15, 0.2) is 0 Å². The topological polar surface area (TPSA) is 85.1 Å². The molecule has 2 rings (SSSR count). The van der Waals surface area contributed by atoms with E-state index >= 15 is 0 Å². The van der Waals surface area contributed by atoms with E-state index in [1.807, 2.05) is 20.8 Å². The number of nitrogens with zero attached hydrogens (tertiary/aromatic N) is 2. The van der Waals surface area contributed by atoms with Crippen molar-refractivity contribution in [3.63, 3.8) is 0 Å². The average molecular weight is 406 g/mol. The lowest BCUT2D eigenvalue weighted by Gasteiger charge is -2.14. The lowest BCUT2D eigenvalue weighted by atomic mass is 9.97. The highest BCUT2D eigenvalue weighted by atomic mass is 35.5. The van der Waals surface area contributed by atoms with Gasteiger partial charge in [-0.25, -0.2) is 8.42 Å². The van der Waals surface area contributed by atoms with Crippen molar-refractivity contribution in [3.05, 3.63) is 41.1 Å². The summed E-state index contributed by atoms with van der Waals surface area (Å²) in [6.07, 6.45) is 0. The van der Waals surface area contributed by atoms with Gasteiger partial charge in [0.2, 0.25) is 21.8 Å². The molecule has 1 atom stereocenters. The van der Waals surface area contributed by atoms with Gasteiger partial charge in [-0.15, -0.1) is 33.4 Å². The van der Waals surface area contributed by atoms with Gasteiger partial charge in [-0.3, -0.25) is 0 Å². The zero-order chi connectivity index (χ0) is 18.8. The van der Waals surface area contributed by atoms with Gasteiger partial charge in [-0.1, -0.05) is 32.9 Å². The summed E-state index contributed by atoms with van der Waals surface area (Å²) in [5.74, 6) is 0.996. The zero-order valence-electron chi connectivity index (χ0n) is 14.5. The Morgan fingerprint density at radius 2 is 1.88 bits per heavy atom. The maximum atomic E-state index is 12.7. The molecule has 0 aliphatic carbocycles. The summed E-state index contributed by atoms with van der Waals surface area (Å²) >= 11 is 11.7. The number of sulfonamides is 1. The Bertz CT molecular complexity index is 845. The van der Waals surface area contributed by atoms with Gasteiger partial charge in [0.1, 0.15) is 0 Å². The average Bonchev–Trinajstić information content (AvgIpc) is 3.04. The minimum atomic E-state index is -3.81. The van der Waals surface area contributed by atoms with Gasteiger partial charge in [0, 0.05) is 17.2 Å². The predicted molar refractivity (Wildman–Crippen MR) is 97.3 cm³/mol. The maximum Gasteiger partial charge on any atom is 0.241 e. The molecule has 0 radical (unpaired) electrons. The van der Waals surface area contributed by atoms with E-state index in [0.29, 0.717) is 11.5 Å². The molecule has 1 N–H and O–H groups in total. The summed E-state index contributed by atoms with van der Waals surface area (Å²) in [4.78, 5) is 0.110. The number of nitrogens with one attached hydrogen (secondary N) is 1. The van der Waals surface area contributed by atoms with Crippen LogP contribution in [-0.2, 0) is 27.2 Å². The number of halogens is 2. The van der Waals surface area contributed by atoms with Gasteiger partial charge >= 0.3 is 0 Å². The summed E-state index contributed by atoms with van der Waals surface area (Å²) < 4.78 is 33.6. The summed E-state index contributed by atoms with van der Waals surface area (Å²) in [6, 6.07) is 4.17. The molecule has 6 nitrogen and oxygen atoms in total. The normalized spacial score (nSPS) is 13.8. The van der Waals surface area contributed by atoms with E-state index in [0.717, 1.165) is 5.56 Å². The van der Waals surface area contributed by atoms with Crippen LogP contribution in [-0.4, -0.2) is 18.6 Å². The van der Waals surface area contributed by atoms with Crippen molar-refractivity contribution in [3.8, 4) is 0 Å². The van der Waals surface area contributed by atoms with Crippen LogP contribution in [0.4, 0.5) is 0 Å². The quantitative estimate of drug-likeness (QED) is 0.736. The molecular formula is C16H21Cl2N3O3S. The van der Waals surface area contributed by atoms with Crippen LogP contribution in [0.2, 0.25) is 0 Å². The highest BCUT2D eigenvalue weighted by Gasteiger charge is 2.27. The third-order valence-electron chi connectivity index (χ3n) is 3.50. The number of hydrogen-bond acceptors (Lipinski definition) is 5. The van der Waals surface area contributed by atoms with Crippen LogP contribution >= 0.6 is 23.2 Å². The highest BCUT2D eigenvalue weighted by molar-refractivity contribution is 7.89. The molecular weight excluding hydrogens is 385 g/mol. The van der Waals surface area contributed by atoms with Crippen LogP contribution in [0.3, 0.4) is 0 Å². The van der Waals surface area contributed by atoms with E-state index in [2.05, 4.69) is 14.9 Å². The molecule has 1 heterocycles. The van der Waals surface area contributed by atoms with Gasteiger partial charge in [-0.2, -0.15) is 4.72 Å². The van der Waals surface area contributed by atoms with Crippen LogP contribution in [0.1, 0.15) is 56.6 Å². The molecule has 1 aromatic heterocycles. The molecule has 0 saturated carbocycles. The Hall–Kier alpha value is -1.15. The second-order valence-electron chi connectivity index (χ2n) is 6.75. The third-order valence-corrected chi connectivity index (χ3v) is 5.73. The predicted octanol–water partition coefficient (Wildman–Crippen LogP) is 3.88. The van der Waals surface area contributed by atoms with Crippen LogP contribution in [0.25, 0.3) is 0 Å².